The molecule has 1 unspecified atom stereocenters. The van der Waals surface area contributed by atoms with Gasteiger partial charge < -0.3 is 14.7 Å². The summed E-state index contributed by atoms with van der Waals surface area (Å²) in [5, 5.41) is 11.2. The van der Waals surface area contributed by atoms with Crippen LogP contribution in [0.2, 0.25) is 0 Å². The Morgan fingerprint density at radius 1 is 1.46 bits per heavy atom. The number of hydrogen-bond acceptors (Lipinski definition) is 5. The summed E-state index contributed by atoms with van der Waals surface area (Å²) in [6.07, 6.45) is 0.466. The average molecular weight is 346 g/mol. The predicted molar refractivity (Wildman–Crippen MR) is 89.2 cm³/mol. The second kappa shape index (κ2) is 6.60. The van der Waals surface area contributed by atoms with Crippen molar-refractivity contribution in [2.24, 2.45) is 5.41 Å². The van der Waals surface area contributed by atoms with Crippen molar-refractivity contribution in [2.75, 3.05) is 13.1 Å². The summed E-state index contributed by atoms with van der Waals surface area (Å²) < 4.78 is 5.66. The van der Waals surface area contributed by atoms with Gasteiger partial charge in [-0.05, 0) is 31.5 Å². The highest BCUT2D eigenvalue weighted by Crippen LogP contribution is 2.31. The van der Waals surface area contributed by atoms with Gasteiger partial charge in [0.15, 0.2) is 0 Å². The summed E-state index contributed by atoms with van der Waals surface area (Å²) in [5.74, 6) is -0.439. The third-order valence-electron chi connectivity index (χ3n) is 4.23. The number of aliphatic carboxylic acids is 1. The van der Waals surface area contributed by atoms with Gasteiger partial charge in [0, 0.05) is 24.0 Å². The van der Waals surface area contributed by atoms with Crippen LogP contribution in [0.1, 0.15) is 29.4 Å². The molecule has 24 heavy (non-hydrogen) atoms. The third-order valence-corrected chi connectivity index (χ3v) is 4.86. The maximum absolute atomic E-state index is 12.6. The van der Waals surface area contributed by atoms with Gasteiger partial charge in [-0.15, -0.1) is 11.3 Å². The number of carboxylic acid groups (broad SMARTS) is 1. The summed E-state index contributed by atoms with van der Waals surface area (Å²) in [5.41, 5.74) is 2.22. The molecule has 6 nitrogen and oxygen atoms in total. The Hall–Kier alpha value is -2.41. The fraction of sp³-hybridized carbons (Fsp3) is 0.353. The van der Waals surface area contributed by atoms with Crippen LogP contribution in [0.5, 0.6) is 5.75 Å². The lowest BCUT2D eigenvalue weighted by atomic mass is 9.90. The summed E-state index contributed by atoms with van der Waals surface area (Å²) in [6, 6.07) is 6.95. The van der Waals surface area contributed by atoms with Gasteiger partial charge in [-0.25, -0.2) is 4.98 Å². The minimum absolute atomic E-state index is 0.168. The first-order valence-electron chi connectivity index (χ1n) is 7.60. The number of benzene rings is 1. The van der Waals surface area contributed by atoms with Crippen molar-refractivity contribution in [3.63, 3.8) is 0 Å². The lowest BCUT2D eigenvalue weighted by Gasteiger charge is -2.20. The molecule has 0 bridgehead atoms. The molecule has 1 atom stereocenters. The number of thiazole rings is 1. The quantitative estimate of drug-likeness (QED) is 0.900. The molecule has 126 valence electrons. The number of carbonyl (C=O) groups excluding carboxylic acids is 1. The van der Waals surface area contributed by atoms with Gasteiger partial charge in [-0.1, -0.05) is 6.07 Å². The maximum atomic E-state index is 12.6. The summed E-state index contributed by atoms with van der Waals surface area (Å²) in [4.78, 5) is 29.7. The van der Waals surface area contributed by atoms with Gasteiger partial charge >= 0.3 is 5.97 Å². The van der Waals surface area contributed by atoms with Gasteiger partial charge in [0.2, 0.25) is 0 Å². The zero-order valence-electron chi connectivity index (χ0n) is 13.3. The Bertz CT molecular complexity index is 747. The molecular weight excluding hydrogens is 328 g/mol. The van der Waals surface area contributed by atoms with Gasteiger partial charge in [-0.2, -0.15) is 0 Å². The van der Waals surface area contributed by atoms with E-state index in [2.05, 4.69) is 4.98 Å². The minimum Gasteiger partial charge on any atom is -0.487 e. The molecule has 1 aliphatic heterocycles. The molecule has 7 heteroatoms. The Labute approximate surface area is 143 Å². The van der Waals surface area contributed by atoms with Crippen molar-refractivity contribution in [1.29, 1.82) is 0 Å². The maximum Gasteiger partial charge on any atom is 0.311 e. The van der Waals surface area contributed by atoms with E-state index in [1.54, 1.807) is 41.6 Å². The standard InChI is InChI=1S/C17H18N2O4S/c1-17(16(21)22)5-6-19(10-17)15(20)12-3-2-4-14(7-12)23-8-13-9-24-11-18-13/h2-4,7,9,11H,5-6,8,10H2,1H3,(H,21,22). The number of aromatic nitrogens is 1. The lowest BCUT2D eigenvalue weighted by Crippen LogP contribution is -2.34. The van der Waals surface area contributed by atoms with Crippen LogP contribution in [0.15, 0.2) is 35.2 Å². The normalized spacial score (nSPS) is 20.1. The Morgan fingerprint density at radius 2 is 2.29 bits per heavy atom. The zero-order valence-corrected chi connectivity index (χ0v) is 14.1. The zero-order chi connectivity index (χ0) is 17.2. The molecular formula is C17H18N2O4S. The number of hydrogen-bond donors (Lipinski definition) is 1. The highest BCUT2D eigenvalue weighted by Gasteiger charge is 2.42. The fourth-order valence-electron chi connectivity index (χ4n) is 2.68. The molecule has 0 radical (unpaired) electrons. The monoisotopic (exact) mass is 346 g/mol. The number of amides is 1. The topological polar surface area (TPSA) is 79.7 Å². The average Bonchev–Trinajstić information content (AvgIpc) is 3.23. The highest BCUT2D eigenvalue weighted by atomic mass is 32.1. The number of carboxylic acids is 1. The van der Waals surface area contributed by atoms with Gasteiger partial charge in [0.1, 0.15) is 12.4 Å². The highest BCUT2D eigenvalue weighted by molar-refractivity contribution is 7.07. The lowest BCUT2D eigenvalue weighted by molar-refractivity contribution is -0.147. The molecule has 1 aliphatic rings. The van der Waals surface area contributed by atoms with Gasteiger partial charge in [0.05, 0.1) is 16.6 Å². The SMILES string of the molecule is CC1(C(=O)O)CCN(C(=O)c2cccc(OCc3cscn3)c2)C1. The Balaban J connectivity index is 1.67. The molecule has 1 saturated heterocycles. The molecule has 1 N–H and O–H groups in total. The van der Waals surface area contributed by atoms with E-state index < -0.39 is 11.4 Å². The molecule has 1 aromatic carbocycles. The van der Waals surface area contributed by atoms with Crippen LogP contribution in [-0.2, 0) is 11.4 Å². The molecule has 1 amide bonds. The second-order valence-corrected chi connectivity index (χ2v) is 6.86. The van der Waals surface area contributed by atoms with Crippen LogP contribution in [0.4, 0.5) is 0 Å². The van der Waals surface area contributed by atoms with Crippen LogP contribution in [0.3, 0.4) is 0 Å². The van der Waals surface area contributed by atoms with Crippen molar-refractivity contribution < 1.29 is 19.4 Å². The molecule has 0 spiro atoms. The van der Waals surface area contributed by atoms with Crippen LogP contribution >= 0.6 is 11.3 Å². The van der Waals surface area contributed by atoms with E-state index in [0.29, 0.717) is 30.9 Å². The second-order valence-electron chi connectivity index (χ2n) is 6.14. The van der Waals surface area contributed by atoms with Crippen molar-refractivity contribution in [2.45, 2.75) is 20.0 Å². The van der Waals surface area contributed by atoms with Crippen molar-refractivity contribution >= 4 is 23.2 Å². The summed E-state index contributed by atoms with van der Waals surface area (Å²) in [7, 11) is 0. The van der Waals surface area contributed by atoms with E-state index in [1.165, 1.54) is 11.3 Å². The largest absolute Gasteiger partial charge is 0.487 e. The summed E-state index contributed by atoms with van der Waals surface area (Å²) in [6.45, 7) is 2.70. The number of rotatable bonds is 5. The van der Waals surface area contributed by atoms with E-state index in [1.807, 2.05) is 5.38 Å². The minimum atomic E-state index is -0.867. The first-order valence-corrected chi connectivity index (χ1v) is 8.55. The summed E-state index contributed by atoms with van der Waals surface area (Å²) >= 11 is 1.50. The van der Waals surface area contributed by atoms with Crippen LogP contribution in [-0.4, -0.2) is 40.0 Å². The van der Waals surface area contributed by atoms with E-state index in [9.17, 15) is 14.7 Å². The van der Waals surface area contributed by atoms with Crippen molar-refractivity contribution in [1.82, 2.24) is 9.88 Å². The van der Waals surface area contributed by atoms with Crippen LogP contribution in [0, 0.1) is 5.41 Å². The third kappa shape index (κ3) is 3.41. The molecule has 3 rings (SSSR count). The Kier molecular flexibility index (Phi) is 4.53. The van der Waals surface area contributed by atoms with E-state index in [-0.39, 0.29) is 12.5 Å². The van der Waals surface area contributed by atoms with Crippen LogP contribution < -0.4 is 4.74 Å². The van der Waals surface area contributed by atoms with Crippen molar-refractivity contribution in [3.05, 3.63) is 46.4 Å². The van der Waals surface area contributed by atoms with E-state index >= 15 is 0 Å². The molecule has 0 saturated carbocycles. The number of nitrogens with zero attached hydrogens (tertiary/aromatic N) is 2. The molecule has 0 aliphatic carbocycles. The van der Waals surface area contributed by atoms with Gasteiger partial charge in [-0.3, -0.25) is 9.59 Å². The molecule has 2 heterocycles. The first kappa shape index (κ1) is 16.4. The number of carbonyl (C=O) groups is 2. The van der Waals surface area contributed by atoms with E-state index in [4.69, 9.17) is 4.74 Å². The molecule has 1 fully saturated rings. The van der Waals surface area contributed by atoms with Crippen LogP contribution in [0.25, 0.3) is 0 Å². The Morgan fingerprint density at radius 3 is 2.96 bits per heavy atom. The predicted octanol–water partition coefficient (Wildman–Crippen LogP) is 2.66. The number of likely N-dealkylation sites (tertiary alicyclic amines) is 1. The molecule has 2 aromatic rings. The smallest absolute Gasteiger partial charge is 0.311 e. The van der Waals surface area contributed by atoms with E-state index in [0.717, 1.165) is 5.69 Å². The number of ether oxygens (including phenoxy) is 1. The molecule has 1 aromatic heterocycles. The first-order chi connectivity index (χ1) is 11.5. The van der Waals surface area contributed by atoms with Gasteiger partial charge in [0.25, 0.3) is 5.91 Å². The van der Waals surface area contributed by atoms with Crippen molar-refractivity contribution in [3.8, 4) is 5.75 Å². The fourth-order valence-corrected chi connectivity index (χ4v) is 3.22.